The summed E-state index contributed by atoms with van der Waals surface area (Å²) in [5.74, 6) is 2.06. The van der Waals surface area contributed by atoms with Crippen LogP contribution in [0.5, 0.6) is 0 Å². The normalized spacial score (nSPS) is 13.9. The minimum absolute atomic E-state index is 0. The van der Waals surface area contributed by atoms with E-state index in [1.165, 1.54) is 57.6 Å². The van der Waals surface area contributed by atoms with Crippen molar-refractivity contribution in [3.05, 3.63) is 179 Å². The van der Waals surface area contributed by atoms with E-state index in [0.717, 1.165) is 39.8 Å². The van der Waals surface area contributed by atoms with Crippen LogP contribution < -0.4 is 0 Å². The number of nitriles is 1. The summed E-state index contributed by atoms with van der Waals surface area (Å²) in [4.78, 5) is 13.8. The molecule has 0 unspecified atom stereocenters. The van der Waals surface area contributed by atoms with Crippen molar-refractivity contribution in [2.24, 2.45) is 0 Å². The second-order valence-electron chi connectivity index (χ2n) is 16.3. The number of aryl methyl sites for hydroxylation is 3. The number of imidazole rings is 1. The third-order valence-corrected chi connectivity index (χ3v) is 10.8. The van der Waals surface area contributed by atoms with Crippen LogP contribution in [0.3, 0.4) is 0 Å². The Kier molecular flexibility index (Phi) is 10.2. The van der Waals surface area contributed by atoms with Gasteiger partial charge in [0.2, 0.25) is 0 Å². The van der Waals surface area contributed by atoms with Crippen molar-refractivity contribution in [2.45, 2.75) is 79.9 Å². The number of oxazole rings is 1. The first-order valence-corrected chi connectivity index (χ1v) is 20.6. The minimum atomic E-state index is -2.61. The van der Waals surface area contributed by atoms with E-state index in [2.05, 4.69) is 135 Å². The van der Waals surface area contributed by atoms with Crippen molar-refractivity contribution in [3.8, 4) is 56.7 Å². The van der Waals surface area contributed by atoms with Gasteiger partial charge in [-0.05, 0) is 101 Å². The van der Waals surface area contributed by atoms with Gasteiger partial charge < -0.3 is 14.0 Å². The molecule has 1 radical (unpaired) electrons. The van der Waals surface area contributed by atoms with E-state index >= 15 is 0 Å². The van der Waals surface area contributed by atoms with Crippen molar-refractivity contribution < 1.29 is 36.9 Å². The van der Waals surface area contributed by atoms with Crippen LogP contribution in [0.2, 0.25) is 0 Å². The van der Waals surface area contributed by atoms with Crippen LogP contribution in [0.15, 0.2) is 132 Å². The van der Waals surface area contributed by atoms with Crippen LogP contribution in [0, 0.1) is 44.0 Å². The summed E-state index contributed by atoms with van der Waals surface area (Å²) in [5.41, 5.74) is 12.9. The van der Waals surface area contributed by atoms with E-state index in [-0.39, 0.29) is 60.2 Å². The van der Waals surface area contributed by atoms with Crippen LogP contribution in [0.4, 0.5) is 0 Å². The molecule has 0 aliphatic heterocycles. The molecular formula is C56H51IrN5O-2. The van der Waals surface area contributed by atoms with Gasteiger partial charge in [-0.2, -0.15) is 5.26 Å². The topological polar surface area (TPSA) is 80.5 Å². The van der Waals surface area contributed by atoms with Crippen LogP contribution in [0.25, 0.3) is 72.7 Å². The molecule has 317 valence electrons. The second-order valence-corrected chi connectivity index (χ2v) is 16.3. The first kappa shape index (κ1) is 34.1. The monoisotopic (exact) mass is 1010 g/mol. The molecule has 0 bridgehead atoms. The van der Waals surface area contributed by atoms with Crippen molar-refractivity contribution in [1.29, 1.82) is 5.26 Å². The summed E-state index contributed by atoms with van der Waals surface area (Å²) in [6, 6.07) is 47.4. The summed E-state index contributed by atoms with van der Waals surface area (Å²) < 4.78 is 75.3. The Morgan fingerprint density at radius 2 is 1.33 bits per heavy atom. The van der Waals surface area contributed by atoms with Crippen molar-refractivity contribution in [3.63, 3.8) is 0 Å². The fourth-order valence-electron chi connectivity index (χ4n) is 7.47. The molecule has 0 atom stereocenters. The SMILES string of the molecule is CC(C)c1nc2c[c-]c(-c3nc4ccc(C#N)cc4n3-c3c(C(C)C)cc(-c4ccc(-c5ccccc5)cc4)cc3C(C)C)cc2o1.[2H]C([2H])([2H])c1c[c-]c(-c2cc(C([2H])([2H])[2H])c(C([2H])([2H])[2H])cn2)cc1.[Ir]. The fourth-order valence-corrected chi connectivity index (χ4v) is 7.47. The Balaban J connectivity index is 0.000000257. The van der Waals surface area contributed by atoms with Crippen molar-refractivity contribution in [2.75, 3.05) is 0 Å². The molecule has 6 nitrogen and oxygen atoms in total. The van der Waals surface area contributed by atoms with Gasteiger partial charge >= 0.3 is 0 Å². The van der Waals surface area contributed by atoms with Crippen LogP contribution >= 0.6 is 0 Å². The zero-order valence-electron chi connectivity index (χ0n) is 44.8. The average Bonchev–Trinajstić information content (AvgIpc) is 3.95. The molecule has 6 aromatic carbocycles. The number of benzene rings is 6. The van der Waals surface area contributed by atoms with Gasteiger partial charge in [-0.15, -0.1) is 53.1 Å². The van der Waals surface area contributed by atoms with Crippen LogP contribution in [-0.4, -0.2) is 19.5 Å². The van der Waals surface area contributed by atoms with Crippen LogP contribution in [-0.2, 0) is 20.1 Å². The third-order valence-electron chi connectivity index (χ3n) is 10.8. The minimum Gasteiger partial charge on any atom is -0.461 e. The summed E-state index contributed by atoms with van der Waals surface area (Å²) >= 11 is 0. The standard InChI is InChI=1S/C42H37N4O.C14H14N.Ir/c1-25(2)34-21-33(31-15-13-30(14-16-31)29-10-8-7-9-11-29)22-35(26(3)4)40(34)46-38-20-28(24-43)12-18-36(38)44-41(46)32-17-19-37-39(23-32)47-42(45-37)27(5)6;1-10-4-6-13(7-5-10)14-8-11(2)12(3)9-15-14;/h7-16,18-23,25-27H,1-6H3;4-6,8-9H,1-3H3;/q2*-1;/i;1D3,2D3,3D3;. The molecule has 0 aliphatic carbocycles. The predicted molar refractivity (Wildman–Crippen MR) is 253 cm³/mol. The smallest absolute Gasteiger partial charge is 0.186 e. The molecule has 3 heterocycles. The van der Waals surface area contributed by atoms with E-state index in [1.54, 1.807) is 0 Å². The fraction of sp³-hybridized carbons (Fsp3) is 0.214. The summed E-state index contributed by atoms with van der Waals surface area (Å²) in [6.07, 6.45) is 1.02. The van der Waals surface area contributed by atoms with E-state index in [1.807, 2.05) is 36.4 Å². The summed E-state index contributed by atoms with van der Waals surface area (Å²) in [7, 11) is 0. The van der Waals surface area contributed by atoms with Crippen molar-refractivity contribution in [1.82, 2.24) is 19.5 Å². The zero-order valence-corrected chi connectivity index (χ0v) is 38.2. The molecule has 7 heteroatoms. The number of nitrogens with zero attached hydrogens (tertiary/aromatic N) is 5. The van der Waals surface area contributed by atoms with Crippen LogP contribution in [0.1, 0.15) is 111 Å². The van der Waals surface area contributed by atoms with Crippen molar-refractivity contribution >= 4 is 22.1 Å². The molecule has 0 spiro atoms. The number of rotatable bonds is 8. The van der Waals surface area contributed by atoms with Gasteiger partial charge in [0.05, 0.1) is 34.1 Å². The predicted octanol–water partition coefficient (Wildman–Crippen LogP) is 14.7. The van der Waals surface area contributed by atoms with E-state index in [4.69, 9.17) is 21.7 Å². The van der Waals surface area contributed by atoms with Gasteiger partial charge in [0.25, 0.3) is 0 Å². The number of aromatic nitrogens is 4. The van der Waals surface area contributed by atoms with Gasteiger partial charge in [0, 0.05) is 55.8 Å². The molecule has 0 N–H and O–H groups in total. The van der Waals surface area contributed by atoms with Gasteiger partial charge in [-0.25, -0.2) is 0 Å². The molecule has 0 saturated carbocycles. The summed E-state index contributed by atoms with van der Waals surface area (Å²) in [6.45, 7) is 5.64. The number of hydrogen-bond acceptors (Lipinski definition) is 5. The maximum absolute atomic E-state index is 9.88. The molecule has 0 amide bonds. The van der Waals surface area contributed by atoms with Gasteiger partial charge in [0.1, 0.15) is 0 Å². The quantitative estimate of drug-likeness (QED) is 0.142. The third kappa shape index (κ3) is 9.35. The molecule has 0 saturated heterocycles. The Labute approximate surface area is 397 Å². The number of pyridine rings is 1. The van der Waals surface area contributed by atoms with Gasteiger partial charge in [-0.3, -0.25) is 9.97 Å². The number of fused-ring (bicyclic) bond motifs is 2. The summed E-state index contributed by atoms with van der Waals surface area (Å²) in [5, 5.41) is 9.88. The Morgan fingerprint density at radius 3 is 1.95 bits per heavy atom. The largest absolute Gasteiger partial charge is 0.461 e. The van der Waals surface area contributed by atoms with E-state index in [0.29, 0.717) is 22.6 Å². The Hall–Kier alpha value is -6.45. The first-order chi connectivity index (χ1) is 33.5. The van der Waals surface area contributed by atoms with Gasteiger partial charge in [0.15, 0.2) is 5.89 Å². The zero-order chi connectivity index (χ0) is 51.2. The molecule has 9 rings (SSSR count). The molecular weight excluding hydrogens is 951 g/mol. The number of hydrogen-bond donors (Lipinski definition) is 0. The Bertz CT molecular complexity index is 3390. The molecule has 0 aliphatic rings. The molecule has 0 fully saturated rings. The first-order valence-electron chi connectivity index (χ1n) is 25.1. The average molecular weight is 1010 g/mol. The molecule has 63 heavy (non-hydrogen) atoms. The van der Waals surface area contributed by atoms with Gasteiger partial charge in [-0.1, -0.05) is 121 Å². The van der Waals surface area contributed by atoms with E-state index < -0.39 is 20.6 Å². The Morgan fingerprint density at radius 1 is 0.651 bits per heavy atom. The molecule has 3 aromatic heterocycles. The molecule has 9 aromatic rings. The maximum atomic E-state index is 9.88. The second kappa shape index (κ2) is 18.9. The maximum Gasteiger partial charge on any atom is 0.186 e. The van der Waals surface area contributed by atoms with E-state index in [9.17, 15) is 5.26 Å².